The maximum Gasteiger partial charge on any atom is 0.212 e. The van der Waals surface area contributed by atoms with Crippen LogP contribution >= 0.6 is 0 Å². The van der Waals surface area contributed by atoms with E-state index in [0.29, 0.717) is 36.5 Å². The highest BCUT2D eigenvalue weighted by molar-refractivity contribution is 5.88. The molecule has 0 bridgehead atoms. The lowest BCUT2D eigenvalue weighted by Gasteiger charge is -2.18. The summed E-state index contributed by atoms with van der Waals surface area (Å²) < 4.78 is 16.8. The lowest BCUT2D eigenvalue weighted by Crippen LogP contribution is -2.17. The Bertz CT molecular complexity index is 895. The molecule has 1 aromatic heterocycles. The van der Waals surface area contributed by atoms with E-state index >= 15 is 0 Å². The van der Waals surface area contributed by atoms with Crippen LogP contribution in [0.4, 0.5) is 5.82 Å². The van der Waals surface area contributed by atoms with Gasteiger partial charge in [0.25, 0.3) is 0 Å². The van der Waals surface area contributed by atoms with Crippen LogP contribution in [-0.4, -0.2) is 31.9 Å². The van der Waals surface area contributed by atoms with E-state index in [4.69, 9.17) is 14.2 Å². The molecule has 1 amide bonds. The van der Waals surface area contributed by atoms with Gasteiger partial charge < -0.3 is 19.5 Å². The first kappa shape index (κ1) is 18.8. The van der Waals surface area contributed by atoms with Crippen molar-refractivity contribution >= 4 is 23.1 Å². The molecule has 6 nitrogen and oxygen atoms in total. The van der Waals surface area contributed by atoms with Crippen LogP contribution < -0.4 is 10.1 Å². The number of amides is 1. The molecule has 1 heterocycles. The Kier molecular flexibility index (Phi) is 6.35. The summed E-state index contributed by atoms with van der Waals surface area (Å²) in [6, 6.07) is 17.5. The Labute approximate surface area is 158 Å². The minimum absolute atomic E-state index is 0.391. The van der Waals surface area contributed by atoms with Gasteiger partial charge in [-0.15, -0.1) is 0 Å². The van der Waals surface area contributed by atoms with Crippen molar-refractivity contribution in [3.05, 3.63) is 65.7 Å². The molecule has 6 heteroatoms. The minimum Gasteiger partial charge on any atom is -0.486 e. The van der Waals surface area contributed by atoms with Crippen molar-refractivity contribution in [2.75, 3.05) is 19.5 Å². The van der Waals surface area contributed by atoms with E-state index in [0.717, 1.165) is 16.5 Å². The average molecular weight is 366 g/mol. The summed E-state index contributed by atoms with van der Waals surface area (Å²) in [5.41, 5.74) is 2.65. The second kappa shape index (κ2) is 9.12. The second-order valence-electron chi connectivity index (χ2n) is 5.96. The fraction of sp³-hybridized carbons (Fsp3) is 0.238. The molecule has 0 spiro atoms. The van der Waals surface area contributed by atoms with Crippen LogP contribution in [0.1, 0.15) is 11.1 Å². The first-order chi connectivity index (χ1) is 13.2. The average Bonchev–Trinajstić information content (AvgIpc) is 2.71. The molecule has 0 atom stereocenters. The Hall–Kier alpha value is -2.96. The fourth-order valence-electron chi connectivity index (χ4n) is 2.84. The third-order valence-electron chi connectivity index (χ3n) is 4.24. The van der Waals surface area contributed by atoms with Crippen LogP contribution in [0.5, 0.6) is 5.75 Å². The number of pyridine rings is 1. The van der Waals surface area contributed by atoms with Gasteiger partial charge >= 0.3 is 0 Å². The zero-order chi connectivity index (χ0) is 19.1. The monoisotopic (exact) mass is 366 g/mol. The van der Waals surface area contributed by atoms with E-state index in [1.54, 1.807) is 20.3 Å². The van der Waals surface area contributed by atoms with Crippen molar-refractivity contribution < 1.29 is 19.0 Å². The number of ether oxygens (including phenoxy) is 3. The molecule has 0 fully saturated rings. The molecule has 2 aromatic carbocycles. The molecule has 0 saturated carbocycles. The Morgan fingerprint density at radius 3 is 2.48 bits per heavy atom. The summed E-state index contributed by atoms with van der Waals surface area (Å²) in [6.45, 7) is 0.407. The van der Waals surface area contributed by atoms with Gasteiger partial charge in [0.05, 0.1) is 0 Å². The summed E-state index contributed by atoms with van der Waals surface area (Å²) >= 11 is 0. The molecule has 0 saturated heterocycles. The largest absolute Gasteiger partial charge is 0.486 e. The van der Waals surface area contributed by atoms with Crippen LogP contribution in [0, 0.1) is 0 Å². The number of benzene rings is 2. The number of aromatic nitrogens is 1. The molecule has 0 aliphatic carbocycles. The highest BCUT2D eigenvalue weighted by atomic mass is 16.7. The van der Waals surface area contributed by atoms with Crippen LogP contribution in [0.3, 0.4) is 0 Å². The maximum atomic E-state index is 10.8. The quantitative estimate of drug-likeness (QED) is 0.463. The van der Waals surface area contributed by atoms with Crippen molar-refractivity contribution in [1.29, 1.82) is 0 Å². The lowest BCUT2D eigenvalue weighted by molar-refractivity contribution is -0.105. The summed E-state index contributed by atoms with van der Waals surface area (Å²) in [7, 11) is 3.20. The summed E-state index contributed by atoms with van der Waals surface area (Å²) in [4.78, 5) is 15.3. The minimum atomic E-state index is -0.391. The number of nitrogens with one attached hydrogen (secondary N) is 1. The molecule has 0 aliphatic rings. The number of anilines is 1. The number of methoxy groups -OCH3 is 2. The van der Waals surface area contributed by atoms with Crippen molar-refractivity contribution in [3.8, 4) is 5.75 Å². The van der Waals surface area contributed by atoms with E-state index in [1.165, 1.54) is 0 Å². The van der Waals surface area contributed by atoms with E-state index in [9.17, 15) is 4.79 Å². The first-order valence-corrected chi connectivity index (χ1v) is 8.60. The zero-order valence-corrected chi connectivity index (χ0v) is 15.3. The third kappa shape index (κ3) is 4.61. The van der Waals surface area contributed by atoms with Gasteiger partial charge in [0.15, 0.2) is 6.29 Å². The third-order valence-corrected chi connectivity index (χ3v) is 4.24. The normalized spacial score (nSPS) is 10.9. The van der Waals surface area contributed by atoms with Crippen LogP contribution in [0.2, 0.25) is 0 Å². The molecule has 3 rings (SSSR count). The Morgan fingerprint density at radius 1 is 1.04 bits per heavy atom. The van der Waals surface area contributed by atoms with Crippen LogP contribution in [-0.2, 0) is 27.3 Å². The Morgan fingerprint density at radius 2 is 1.78 bits per heavy atom. The lowest BCUT2D eigenvalue weighted by atomic mass is 10.1. The maximum absolute atomic E-state index is 10.8. The predicted octanol–water partition coefficient (Wildman–Crippen LogP) is 3.54. The van der Waals surface area contributed by atoms with Crippen LogP contribution in [0.25, 0.3) is 10.9 Å². The van der Waals surface area contributed by atoms with Gasteiger partial charge in [-0.3, -0.25) is 4.79 Å². The van der Waals surface area contributed by atoms with Gasteiger partial charge in [0, 0.05) is 31.6 Å². The number of rotatable bonds is 9. The molecule has 3 aromatic rings. The van der Waals surface area contributed by atoms with Gasteiger partial charge in [0.2, 0.25) is 6.41 Å². The van der Waals surface area contributed by atoms with Gasteiger partial charge in [0.1, 0.15) is 23.7 Å². The molecule has 140 valence electrons. The summed E-state index contributed by atoms with van der Waals surface area (Å²) in [6.07, 6.45) is 0.729. The number of carbonyl (C=O) groups excluding carboxylic acids is 1. The van der Waals surface area contributed by atoms with Gasteiger partial charge in [-0.25, -0.2) is 4.98 Å². The number of carbonyl (C=O) groups is 1. The van der Waals surface area contributed by atoms with Crippen molar-refractivity contribution in [3.63, 3.8) is 0 Å². The van der Waals surface area contributed by atoms with Gasteiger partial charge in [-0.1, -0.05) is 42.5 Å². The van der Waals surface area contributed by atoms with Crippen molar-refractivity contribution in [2.24, 2.45) is 0 Å². The topological polar surface area (TPSA) is 69.7 Å². The van der Waals surface area contributed by atoms with Crippen molar-refractivity contribution in [2.45, 2.75) is 19.3 Å². The number of hydrogen-bond acceptors (Lipinski definition) is 5. The van der Waals surface area contributed by atoms with Gasteiger partial charge in [-0.05, 0) is 17.7 Å². The highest BCUT2D eigenvalue weighted by Crippen LogP contribution is 2.31. The molecule has 0 unspecified atom stereocenters. The zero-order valence-electron chi connectivity index (χ0n) is 15.3. The van der Waals surface area contributed by atoms with E-state index < -0.39 is 6.29 Å². The highest BCUT2D eigenvalue weighted by Gasteiger charge is 2.16. The molecule has 0 aliphatic heterocycles. The van der Waals surface area contributed by atoms with Gasteiger partial charge in [-0.2, -0.15) is 0 Å². The molecule has 1 N–H and O–H groups in total. The molecule has 27 heavy (non-hydrogen) atoms. The molecular formula is C21H22N2O4. The second-order valence-corrected chi connectivity index (χ2v) is 5.96. The fourth-order valence-corrected chi connectivity index (χ4v) is 2.84. The van der Waals surface area contributed by atoms with Crippen LogP contribution in [0.15, 0.2) is 54.6 Å². The smallest absolute Gasteiger partial charge is 0.212 e. The first-order valence-electron chi connectivity index (χ1n) is 8.60. The number of nitrogens with zero attached hydrogens (tertiary/aromatic N) is 1. The SMILES string of the molecule is COC(Cc1ccc2ccc(NC=O)nc2c1OCc1ccccc1)OC. The van der Waals surface area contributed by atoms with E-state index in [-0.39, 0.29) is 0 Å². The van der Waals surface area contributed by atoms with E-state index in [2.05, 4.69) is 10.3 Å². The summed E-state index contributed by atoms with van der Waals surface area (Å²) in [5, 5.41) is 3.51. The number of hydrogen-bond donors (Lipinski definition) is 1. The number of fused-ring (bicyclic) bond motifs is 1. The van der Waals surface area contributed by atoms with Crippen molar-refractivity contribution in [1.82, 2.24) is 4.98 Å². The van der Waals surface area contributed by atoms with E-state index in [1.807, 2.05) is 48.5 Å². The predicted molar refractivity (Wildman–Crippen MR) is 104 cm³/mol. The summed E-state index contributed by atoms with van der Waals surface area (Å²) in [5.74, 6) is 1.12. The Balaban J connectivity index is 2.01. The molecular weight excluding hydrogens is 344 g/mol. The molecule has 0 radical (unpaired) electrons. The standard InChI is InChI=1S/C21H22N2O4/c1-25-19(26-2)12-17-9-8-16-10-11-18(22-14-24)23-20(16)21(17)27-13-15-6-4-3-5-7-15/h3-11,14,19H,12-13H2,1-2H3,(H,22,23,24).